The smallest absolute Gasteiger partial charge is 0.381 e. The van der Waals surface area contributed by atoms with Crippen LogP contribution < -0.4 is 10.6 Å². The Morgan fingerprint density at radius 3 is 1.91 bits per heavy atom. The van der Waals surface area contributed by atoms with Gasteiger partial charge < -0.3 is 69.1 Å². The minimum atomic E-state index is -4.52. The first-order valence-electron chi connectivity index (χ1n) is 42.6. The minimum Gasteiger partial charge on any atom is -0.381 e. The van der Waals surface area contributed by atoms with E-state index in [-0.39, 0.29) is 115 Å². The number of amides is 12. The Balaban J connectivity index is 1.05. The molecular weight excluding hydrogens is 1450 g/mol. The van der Waals surface area contributed by atoms with E-state index >= 15 is 57.5 Å². The fraction of sp³-hybridized carbons (Fsp3) is 0.831. The zero-order valence-electron chi connectivity index (χ0n) is 69.0. The van der Waals surface area contributed by atoms with E-state index in [1.807, 2.05) is 20.8 Å². The van der Waals surface area contributed by atoms with Gasteiger partial charge in [-0.2, -0.15) is 13.2 Å². The van der Waals surface area contributed by atoms with E-state index in [1.54, 1.807) is 30.8 Å². The lowest BCUT2D eigenvalue weighted by molar-refractivity contribution is -0.215. The van der Waals surface area contributed by atoms with Crippen LogP contribution in [0.25, 0.3) is 0 Å². The Morgan fingerprint density at radius 2 is 1.28 bits per heavy atom. The number of rotatable bonds is 14. The number of hydrogen-bond donors (Lipinski definition) is 2. The number of fused-ring (bicyclic) bond motifs is 4. The van der Waals surface area contributed by atoms with Crippen LogP contribution in [0.1, 0.15) is 234 Å². The maximum atomic E-state index is 16.0. The number of halogens is 3. The summed E-state index contributed by atoms with van der Waals surface area (Å²) in [5, 5.41) is 5.98. The number of likely N-dealkylation sites (N-methyl/N-ethyl adjacent to an activating group) is 6. The molecule has 5 aliphatic carbocycles. The van der Waals surface area contributed by atoms with Crippen molar-refractivity contribution in [1.82, 2.24) is 59.6 Å². The molecule has 10 rings (SSSR count). The topological polar surface area (TPSA) is 280 Å². The molecule has 8 fully saturated rings. The minimum absolute atomic E-state index is 0.00681. The number of alkyl halides is 3. The molecule has 4 saturated carbocycles. The lowest BCUT2D eigenvalue weighted by Crippen LogP contribution is -2.68. The number of ether oxygens (including phenoxy) is 2. The van der Waals surface area contributed by atoms with Crippen molar-refractivity contribution in [2.75, 3.05) is 95.3 Å². The summed E-state index contributed by atoms with van der Waals surface area (Å²) in [4.78, 5) is 201. The fourth-order valence-corrected chi connectivity index (χ4v) is 20.2. The summed E-state index contributed by atoms with van der Waals surface area (Å²) in [6, 6.07) is -10.8. The molecule has 2 N–H and O–H groups in total. The summed E-state index contributed by atoms with van der Waals surface area (Å²) in [7, 11) is 10.3. The van der Waals surface area contributed by atoms with E-state index in [0.29, 0.717) is 83.2 Å². The van der Waals surface area contributed by atoms with E-state index in [9.17, 15) is 13.2 Å². The Labute approximate surface area is 661 Å². The van der Waals surface area contributed by atoms with Crippen LogP contribution in [0, 0.1) is 35.5 Å². The van der Waals surface area contributed by atoms with Crippen molar-refractivity contribution < 1.29 is 80.2 Å². The maximum absolute atomic E-state index is 16.0. The van der Waals surface area contributed by atoms with Gasteiger partial charge in [0, 0.05) is 95.1 Å². The summed E-state index contributed by atoms with van der Waals surface area (Å²) in [6.45, 7) is 10.1. The van der Waals surface area contributed by atoms with Gasteiger partial charge in [-0.15, -0.1) is 0 Å². The second-order valence-electron chi connectivity index (χ2n) is 35.0. The summed E-state index contributed by atoms with van der Waals surface area (Å²) in [6.07, 6.45) is 6.44. The zero-order chi connectivity index (χ0) is 81.4. The molecule has 10 aliphatic rings. The predicted octanol–water partition coefficient (Wildman–Crippen LogP) is 7.62. The van der Waals surface area contributed by atoms with Crippen LogP contribution in [0.5, 0.6) is 0 Å². The molecule has 2 bridgehead atoms. The first-order valence-corrected chi connectivity index (χ1v) is 42.6. The molecule has 0 aromatic heterocycles. The van der Waals surface area contributed by atoms with E-state index in [1.165, 1.54) is 74.5 Å². The third kappa shape index (κ3) is 19.6. The van der Waals surface area contributed by atoms with Gasteiger partial charge in [-0.25, -0.2) is 0 Å². The van der Waals surface area contributed by atoms with Crippen molar-refractivity contribution in [3.8, 4) is 0 Å². The monoisotopic (exact) mass is 1580 g/mol. The number of piperidine rings is 1. The summed E-state index contributed by atoms with van der Waals surface area (Å²) in [5.41, 5.74) is 0.616. The summed E-state index contributed by atoms with van der Waals surface area (Å²) >= 11 is 0. The standard InChI is InChI=1S/C83H131F3N12O14/c1-13-24-61-72(101)88-70(52(5)14-2)79(108)96-41-22-27-62(96)75(104)91(8)63-46-57-45-56(57)36-42-97(78(63)107)65(43-53-30-28-51(4)29-31-53)74(103)89(6)50-68(99)87-60(35-33-54-32-34-59(83(84,85)86)67(44-54)111-12)73(102)98-49-58(112-15-3)47-66(98)76(105)94(11)82(37-23-38-82)81(110)93(10)71(55-25-18-16-19-26-55)80(109)92(9)64(48-69(100)90(61)7)77(106)95-39-20-17-21-40-95/h51-55,58-67,70-71H,13-50H2,1-12H3,(H,87,99)(H,88,101)/t51?,52-,53?,54?,58+,59?,60-,61-,62-,63-,64-,65-,66-,67?,70-,71-/m0/s1. The van der Waals surface area contributed by atoms with Crippen LogP contribution in [0.2, 0.25) is 0 Å². The highest BCUT2D eigenvalue weighted by atomic mass is 19.4. The van der Waals surface area contributed by atoms with Gasteiger partial charge in [0.1, 0.15) is 59.9 Å². The number of carbonyl (C=O) groups is 12. The van der Waals surface area contributed by atoms with Crippen LogP contribution in [-0.4, -0.2) is 293 Å². The quantitative estimate of drug-likeness (QED) is 0.158. The van der Waals surface area contributed by atoms with E-state index in [0.717, 1.165) is 62.5 Å². The van der Waals surface area contributed by atoms with Gasteiger partial charge in [0.25, 0.3) is 0 Å². The molecule has 5 aliphatic heterocycles. The predicted molar refractivity (Wildman–Crippen MR) is 412 cm³/mol. The van der Waals surface area contributed by atoms with E-state index < -0.39 is 180 Å². The largest absolute Gasteiger partial charge is 0.394 e. The number of hydrogen-bond acceptors (Lipinski definition) is 14. The maximum Gasteiger partial charge on any atom is 0.394 e. The molecule has 4 saturated heterocycles. The van der Waals surface area contributed by atoms with E-state index in [2.05, 4.69) is 17.6 Å². The van der Waals surface area contributed by atoms with Gasteiger partial charge >= 0.3 is 6.18 Å². The number of carbonyl (C=O) groups excluding carboxylic acids is 12. The van der Waals surface area contributed by atoms with Gasteiger partial charge in [-0.05, 0) is 165 Å². The molecule has 0 radical (unpaired) electrons. The van der Waals surface area contributed by atoms with Crippen LogP contribution in [0.15, 0.2) is 11.1 Å². The Bertz CT molecular complexity index is 3430. The number of nitrogens with one attached hydrogen (secondary N) is 2. The summed E-state index contributed by atoms with van der Waals surface area (Å²) in [5.74, 6) is -9.38. The average molecular weight is 1580 g/mol. The van der Waals surface area contributed by atoms with Gasteiger partial charge in [-0.1, -0.05) is 96.6 Å². The van der Waals surface area contributed by atoms with Crippen molar-refractivity contribution >= 4 is 70.9 Å². The first kappa shape index (κ1) is 87.5. The molecule has 29 heteroatoms. The van der Waals surface area contributed by atoms with Crippen LogP contribution in [-0.2, 0) is 67.0 Å². The van der Waals surface area contributed by atoms with Crippen LogP contribution in [0.4, 0.5) is 13.2 Å². The normalized spacial score (nSPS) is 32.8. The van der Waals surface area contributed by atoms with Gasteiger partial charge in [0.05, 0.1) is 31.1 Å². The lowest BCUT2D eigenvalue weighted by atomic mass is 9.73. The van der Waals surface area contributed by atoms with Crippen molar-refractivity contribution in [3.05, 3.63) is 11.1 Å². The number of likely N-dealkylation sites (tertiary alicyclic amines) is 1. The van der Waals surface area contributed by atoms with Crippen LogP contribution >= 0.6 is 0 Å². The Kier molecular flexibility index (Phi) is 29.9. The first-order chi connectivity index (χ1) is 53.3. The van der Waals surface area contributed by atoms with Crippen molar-refractivity contribution in [3.63, 3.8) is 0 Å². The molecule has 0 aromatic rings. The highest BCUT2D eigenvalue weighted by Crippen LogP contribution is 2.46. The van der Waals surface area contributed by atoms with Gasteiger partial charge in [0.2, 0.25) is 70.9 Å². The number of methoxy groups -OCH3 is 1. The zero-order valence-corrected chi connectivity index (χ0v) is 69.0. The summed E-state index contributed by atoms with van der Waals surface area (Å²) < 4.78 is 54.9. The Morgan fingerprint density at radius 1 is 0.598 bits per heavy atom. The second kappa shape index (κ2) is 38.2. The van der Waals surface area contributed by atoms with Crippen molar-refractivity contribution in [2.45, 2.75) is 312 Å². The third-order valence-electron chi connectivity index (χ3n) is 27.8. The molecule has 0 aromatic carbocycles. The average Bonchev–Trinajstić information content (AvgIpc) is 0.983. The molecule has 628 valence electrons. The highest BCUT2D eigenvalue weighted by Gasteiger charge is 2.57. The van der Waals surface area contributed by atoms with Crippen molar-refractivity contribution in [2.24, 2.45) is 35.5 Å². The molecule has 26 nitrogen and oxygen atoms in total. The van der Waals surface area contributed by atoms with Crippen LogP contribution in [0.3, 0.4) is 0 Å². The third-order valence-corrected chi connectivity index (χ3v) is 27.8. The molecule has 112 heavy (non-hydrogen) atoms. The molecular formula is C83H131F3N12O14. The van der Waals surface area contributed by atoms with E-state index in [4.69, 9.17) is 9.47 Å². The number of nitrogens with zero attached hydrogens (tertiary/aromatic N) is 10. The molecule has 5 heterocycles. The molecule has 14 atom stereocenters. The SMILES string of the molecule is CCC[C@H]1C(=O)N[C@@H]([C@@H](C)CC)C(=O)N2CCC[C@H]2C(=O)N(C)[C@H]2CC3=C(CCN(C2=O)[C@@H](CC2CCC(C)CC2)C(=O)N(C)CC(=O)N[C@@H](CCC2CCC(C(F)(F)F)C(OC)C2)C(=O)N2C[C@H](OCC)C[C@H]2C(=O)N(C)C2(CCC2)C(=O)N(C)[C@@H](C2CCCCC2)C(=O)N(C)[C@H](C(=O)N2CCCCC2)CC(=O)N1C)C3. The highest BCUT2D eigenvalue weighted by molar-refractivity contribution is 6.01. The fourth-order valence-electron chi connectivity index (χ4n) is 20.2. The second-order valence-corrected chi connectivity index (χ2v) is 35.0. The molecule has 12 amide bonds. The lowest BCUT2D eigenvalue weighted by Gasteiger charge is -2.51. The van der Waals surface area contributed by atoms with Crippen molar-refractivity contribution in [1.29, 1.82) is 0 Å². The Hall–Kier alpha value is -6.91. The molecule has 3 unspecified atom stereocenters. The van der Waals surface area contributed by atoms with Gasteiger partial charge in [0.15, 0.2) is 0 Å². The van der Waals surface area contributed by atoms with Gasteiger partial charge in [-0.3, -0.25) is 57.5 Å². The molecule has 1 spiro atoms.